The van der Waals surface area contributed by atoms with Gasteiger partial charge in [-0.2, -0.15) is 5.01 Å². The number of hydrogen-bond donors (Lipinski definition) is 1. The number of carbonyl (C=O) groups excluding carboxylic acids is 2. The molecule has 1 aliphatic rings. The molecule has 1 aliphatic heterocycles. The summed E-state index contributed by atoms with van der Waals surface area (Å²) in [5.74, 6) is 0.914. The zero-order valence-corrected chi connectivity index (χ0v) is 19.5. The van der Waals surface area contributed by atoms with E-state index >= 15 is 0 Å². The van der Waals surface area contributed by atoms with Crippen LogP contribution in [0.3, 0.4) is 0 Å². The average Bonchev–Trinajstić information content (AvgIpc) is 3.06. The smallest absolute Gasteiger partial charge is 0.285 e. The van der Waals surface area contributed by atoms with Crippen molar-refractivity contribution in [1.82, 2.24) is 10.4 Å². The van der Waals surface area contributed by atoms with Crippen LogP contribution in [0.15, 0.2) is 54.0 Å². The van der Waals surface area contributed by atoms with Crippen molar-refractivity contribution in [3.05, 3.63) is 70.6 Å². The van der Waals surface area contributed by atoms with Crippen LogP contribution in [0, 0.1) is 0 Å². The number of ether oxygens (including phenoxy) is 3. The molecule has 0 saturated carbocycles. The van der Waals surface area contributed by atoms with Gasteiger partial charge in [-0.05, 0) is 66.7 Å². The highest BCUT2D eigenvalue weighted by Crippen LogP contribution is 2.36. The minimum atomic E-state index is -0.454. The van der Waals surface area contributed by atoms with Crippen LogP contribution in [0.5, 0.6) is 17.2 Å². The second-order valence-electron chi connectivity index (χ2n) is 6.59. The first kappa shape index (κ1) is 23.4. The van der Waals surface area contributed by atoms with Gasteiger partial charge in [-0.25, -0.2) is 0 Å². The van der Waals surface area contributed by atoms with E-state index in [1.54, 1.807) is 63.8 Å². The molecule has 0 spiro atoms. The van der Waals surface area contributed by atoms with E-state index in [0.29, 0.717) is 34.1 Å². The van der Waals surface area contributed by atoms with Crippen molar-refractivity contribution in [2.75, 3.05) is 21.3 Å². The van der Waals surface area contributed by atoms with Gasteiger partial charge in [-0.3, -0.25) is 15.0 Å². The molecule has 0 aromatic heterocycles. The summed E-state index contributed by atoms with van der Waals surface area (Å²) in [6, 6.07) is 10.2. The first-order valence-corrected chi connectivity index (χ1v) is 10.7. The number of nitrogens with zero attached hydrogens (tertiary/aromatic N) is 1. The van der Waals surface area contributed by atoms with Crippen LogP contribution in [-0.2, 0) is 11.2 Å². The highest BCUT2D eigenvalue weighted by molar-refractivity contribution is 8.26. The zero-order chi connectivity index (χ0) is 23.3. The Morgan fingerprint density at radius 2 is 1.88 bits per heavy atom. The van der Waals surface area contributed by atoms with Gasteiger partial charge < -0.3 is 14.2 Å². The van der Waals surface area contributed by atoms with Gasteiger partial charge in [-0.1, -0.05) is 17.8 Å². The summed E-state index contributed by atoms with van der Waals surface area (Å²) >= 11 is 6.41. The summed E-state index contributed by atoms with van der Waals surface area (Å²) < 4.78 is 16.2. The molecule has 0 radical (unpaired) electrons. The molecule has 2 aromatic rings. The second kappa shape index (κ2) is 10.3. The number of thiocarbonyl (C=S) groups is 1. The van der Waals surface area contributed by atoms with Crippen LogP contribution >= 0.6 is 24.0 Å². The fraction of sp³-hybridized carbons (Fsp3) is 0.174. The molecule has 1 fully saturated rings. The Morgan fingerprint density at radius 1 is 1.16 bits per heavy atom. The number of benzene rings is 2. The first-order valence-electron chi connectivity index (χ1n) is 9.50. The zero-order valence-electron chi connectivity index (χ0n) is 17.8. The minimum Gasteiger partial charge on any atom is -0.497 e. The third kappa shape index (κ3) is 4.95. The van der Waals surface area contributed by atoms with Crippen molar-refractivity contribution in [1.29, 1.82) is 0 Å². The lowest BCUT2D eigenvalue weighted by molar-refractivity contribution is -0.123. The van der Waals surface area contributed by atoms with Crippen LogP contribution in [0.1, 0.15) is 21.5 Å². The molecule has 0 unspecified atom stereocenters. The maximum atomic E-state index is 12.9. The van der Waals surface area contributed by atoms with Crippen molar-refractivity contribution < 1.29 is 23.8 Å². The van der Waals surface area contributed by atoms with Gasteiger partial charge in [0.2, 0.25) is 0 Å². The van der Waals surface area contributed by atoms with E-state index in [-0.39, 0.29) is 4.32 Å². The summed E-state index contributed by atoms with van der Waals surface area (Å²) in [6.07, 6.45) is 4.03. The highest BCUT2D eigenvalue weighted by atomic mass is 32.2. The number of hydrogen-bond acceptors (Lipinski definition) is 7. The molecule has 2 amide bonds. The lowest BCUT2D eigenvalue weighted by Crippen LogP contribution is -2.44. The van der Waals surface area contributed by atoms with Gasteiger partial charge in [0.15, 0.2) is 15.8 Å². The summed E-state index contributed by atoms with van der Waals surface area (Å²) in [4.78, 5) is 25.8. The van der Waals surface area contributed by atoms with Gasteiger partial charge in [0, 0.05) is 11.1 Å². The number of allylic oxidation sites excluding steroid dienone is 1. The Bertz CT molecular complexity index is 1100. The normalized spacial score (nSPS) is 14.5. The van der Waals surface area contributed by atoms with Crippen LogP contribution in [-0.4, -0.2) is 42.5 Å². The molecule has 1 heterocycles. The molecule has 2 aromatic carbocycles. The third-order valence-electron chi connectivity index (χ3n) is 4.60. The molecule has 7 nitrogen and oxygen atoms in total. The average molecular weight is 471 g/mol. The molecule has 3 rings (SSSR count). The van der Waals surface area contributed by atoms with E-state index in [4.69, 9.17) is 26.4 Å². The molecule has 9 heteroatoms. The van der Waals surface area contributed by atoms with Crippen molar-refractivity contribution in [2.24, 2.45) is 0 Å². The van der Waals surface area contributed by atoms with Crippen molar-refractivity contribution in [3.8, 4) is 17.2 Å². The first-order chi connectivity index (χ1) is 15.4. The predicted molar refractivity (Wildman–Crippen MR) is 129 cm³/mol. The number of rotatable bonds is 8. The SMILES string of the molecule is C=CCc1cc(C=C2SC(=S)N(NC(=O)c3ccc(OC)cc3)C2=O)cc(OC)c1OC. The second-order valence-corrected chi connectivity index (χ2v) is 8.27. The number of thioether (sulfide) groups is 1. The fourth-order valence-electron chi connectivity index (χ4n) is 3.08. The van der Waals surface area contributed by atoms with E-state index in [1.807, 2.05) is 6.07 Å². The molecule has 0 bridgehead atoms. The summed E-state index contributed by atoms with van der Waals surface area (Å²) in [6.45, 7) is 3.77. The van der Waals surface area contributed by atoms with Crippen LogP contribution < -0.4 is 19.6 Å². The van der Waals surface area contributed by atoms with Gasteiger partial charge in [0.25, 0.3) is 11.8 Å². The summed E-state index contributed by atoms with van der Waals surface area (Å²) in [5, 5.41) is 1.07. The number of carbonyl (C=O) groups is 2. The predicted octanol–water partition coefficient (Wildman–Crippen LogP) is 3.99. The van der Waals surface area contributed by atoms with E-state index in [0.717, 1.165) is 27.9 Å². The Balaban J connectivity index is 1.84. The molecular formula is C23H22N2O5S2. The Morgan fingerprint density at radius 3 is 2.47 bits per heavy atom. The monoisotopic (exact) mass is 470 g/mol. The number of amides is 2. The van der Waals surface area contributed by atoms with Crippen molar-refractivity contribution >= 4 is 46.2 Å². The third-order valence-corrected chi connectivity index (χ3v) is 5.90. The minimum absolute atomic E-state index is 0.231. The van der Waals surface area contributed by atoms with E-state index in [1.165, 1.54) is 0 Å². The number of methoxy groups -OCH3 is 3. The fourth-order valence-corrected chi connectivity index (χ4v) is 4.26. The lowest BCUT2D eigenvalue weighted by Gasteiger charge is -2.15. The maximum absolute atomic E-state index is 12.9. The molecular weight excluding hydrogens is 448 g/mol. The summed E-state index contributed by atoms with van der Waals surface area (Å²) in [5.41, 5.74) is 4.55. The quantitative estimate of drug-likeness (QED) is 0.355. The molecule has 1 N–H and O–H groups in total. The highest BCUT2D eigenvalue weighted by Gasteiger charge is 2.34. The van der Waals surface area contributed by atoms with E-state index in [2.05, 4.69) is 12.0 Å². The van der Waals surface area contributed by atoms with Crippen LogP contribution in [0.25, 0.3) is 6.08 Å². The molecule has 32 heavy (non-hydrogen) atoms. The molecule has 0 atom stereocenters. The largest absolute Gasteiger partial charge is 0.497 e. The number of hydrazine groups is 1. The Labute approximate surface area is 196 Å². The number of nitrogens with one attached hydrogen (secondary N) is 1. The van der Waals surface area contributed by atoms with Crippen LogP contribution in [0.4, 0.5) is 0 Å². The Hall–Kier alpha value is -3.30. The standard InChI is InChI=1S/C23H22N2O5S2/c1-5-6-16-11-14(12-18(29-3)20(16)30-4)13-19-22(27)25(23(31)32-19)24-21(26)15-7-9-17(28-2)10-8-15/h5,7-13H,1,6H2,2-4H3,(H,24,26). The lowest BCUT2D eigenvalue weighted by atomic mass is 10.0. The maximum Gasteiger partial charge on any atom is 0.285 e. The van der Waals surface area contributed by atoms with Gasteiger partial charge in [-0.15, -0.1) is 6.58 Å². The van der Waals surface area contributed by atoms with E-state index in [9.17, 15) is 9.59 Å². The summed E-state index contributed by atoms with van der Waals surface area (Å²) in [7, 11) is 4.66. The van der Waals surface area contributed by atoms with E-state index < -0.39 is 11.8 Å². The van der Waals surface area contributed by atoms with Crippen LogP contribution in [0.2, 0.25) is 0 Å². The molecule has 0 aliphatic carbocycles. The Kier molecular flexibility index (Phi) is 7.55. The molecule has 166 valence electrons. The van der Waals surface area contributed by atoms with Gasteiger partial charge in [0.05, 0.1) is 26.2 Å². The van der Waals surface area contributed by atoms with Crippen molar-refractivity contribution in [2.45, 2.75) is 6.42 Å². The molecule has 1 saturated heterocycles. The topological polar surface area (TPSA) is 77.1 Å². The van der Waals surface area contributed by atoms with Crippen molar-refractivity contribution in [3.63, 3.8) is 0 Å². The van der Waals surface area contributed by atoms with Gasteiger partial charge in [0.1, 0.15) is 5.75 Å². The van der Waals surface area contributed by atoms with Gasteiger partial charge >= 0.3 is 0 Å².